The molecule has 0 aliphatic heterocycles. The Balaban J connectivity index is 1.51. The van der Waals surface area contributed by atoms with Gasteiger partial charge in [-0.1, -0.05) is 18.2 Å². The highest BCUT2D eigenvalue weighted by molar-refractivity contribution is 7.91. The number of nitrogens with two attached hydrogens (primary N) is 1. The fourth-order valence-corrected chi connectivity index (χ4v) is 5.65. The number of aryl methyl sites for hydroxylation is 1. The Hall–Kier alpha value is -2.72. The standard InChI is InChI=1S/C19H20N2O6S2/c20-18(24)17-13-7-4-8-14(13)28-19(17)21-15(22)11-27-16(23)9-10-29(25,26)12-5-2-1-3-6-12/h1-3,5-6H,4,7-11H2,(H2,20,24)(H,21,22). The number of hydrogen-bond donors (Lipinski definition) is 2. The summed E-state index contributed by atoms with van der Waals surface area (Å²) in [5.74, 6) is -2.45. The van der Waals surface area contributed by atoms with Crippen LogP contribution in [0.2, 0.25) is 0 Å². The van der Waals surface area contributed by atoms with Crippen molar-refractivity contribution < 1.29 is 27.5 Å². The topological polar surface area (TPSA) is 133 Å². The second-order valence-corrected chi connectivity index (χ2v) is 9.73. The molecule has 29 heavy (non-hydrogen) atoms. The number of rotatable bonds is 8. The van der Waals surface area contributed by atoms with E-state index in [0.717, 1.165) is 29.7 Å². The first-order chi connectivity index (χ1) is 13.8. The van der Waals surface area contributed by atoms with Gasteiger partial charge >= 0.3 is 5.97 Å². The first-order valence-corrected chi connectivity index (χ1v) is 11.4. The van der Waals surface area contributed by atoms with Crippen molar-refractivity contribution in [3.05, 3.63) is 46.3 Å². The SMILES string of the molecule is NC(=O)c1c(NC(=O)COC(=O)CCS(=O)(=O)c2ccccc2)sc2c1CCC2. The van der Waals surface area contributed by atoms with Gasteiger partial charge in [0.15, 0.2) is 16.4 Å². The third-order valence-electron chi connectivity index (χ3n) is 4.46. The Morgan fingerprint density at radius 1 is 1.14 bits per heavy atom. The highest BCUT2D eigenvalue weighted by Crippen LogP contribution is 2.38. The molecular weight excluding hydrogens is 416 g/mol. The van der Waals surface area contributed by atoms with Gasteiger partial charge in [0.2, 0.25) is 0 Å². The number of primary amides is 1. The molecule has 2 amide bonds. The highest BCUT2D eigenvalue weighted by atomic mass is 32.2. The molecule has 0 spiro atoms. The van der Waals surface area contributed by atoms with Gasteiger partial charge in [0.25, 0.3) is 11.8 Å². The van der Waals surface area contributed by atoms with Crippen molar-refractivity contribution in [2.75, 3.05) is 17.7 Å². The van der Waals surface area contributed by atoms with Crippen LogP contribution in [0.5, 0.6) is 0 Å². The molecule has 8 nitrogen and oxygen atoms in total. The molecule has 0 saturated heterocycles. The van der Waals surface area contributed by atoms with Crippen molar-refractivity contribution in [3.8, 4) is 0 Å². The van der Waals surface area contributed by atoms with Crippen LogP contribution in [0.15, 0.2) is 35.2 Å². The monoisotopic (exact) mass is 436 g/mol. The quantitative estimate of drug-likeness (QED) is 0.605. The molecule has 2 aromatic rings. The summed E-state index contributed by atoms with van der Waals surface area (Å²) < 4.78 is 29.2. The molecule has 0 saturated carbocycles. The number of carbonyl (C=O) groups excluding carboxylic acids is 3. The van der Waals surface area contributed by atoms with Gasteiger partial charge in [-0.25, -0.2) is 8.42 Å². The molecule has 1 heterocycles. The van der Waals surface area contributed by atoms with Crippen LogP contribution in [0.1, 0.15) is 33.6 Å². The zero-order valence-electron chi connectivity index (χ0n) is 15.5. The Bertz CT molecular complexity index is 1040. The molecule has 0 atom stereocenters. The molecule has 1 aliphatic rings. The Kier molecular flexibility index (Phi) is 6.33. The minimum Gasteiger partial charge on any atom is -0.456 e. The number of hydrogen-bond acceptors (Lipinski definition) is 7. The number of benzene rings is 1. The van der Waals surface area contributed by atoms with Gasteiger partial charge in [-0.2, -0.15) is 0 Å². The summed E-state index contributed by atoms with van der Waals surface area (Å²) in [5.41, 5.74) is 6.62. The molecule has 10 heteroatoms. The molecule has 3 rings (SSSR count). The fraction of sp³-hybridized carbons (Fsp3) is 0.316. The highest BCUT2D eigenvalue weighted by Gasteiger charge is 2.26. The minimum atomic E-state index is -3.61. The molecule has 1 aromatic carbocycles. The Labute approximate surface area is 172 Å². The Morgan fingerprint density at radius 2 is 1.86 bits per heavy atom. The number of thiophene rings is 1. The van der Waals surface area contributed by atoms with Crippen LogP contribution in [0, 0.1) is 0 Å². The average molecular weight is 437 g/mol. The van der Waals surface area contributed by atoms with Crippen LogP contribution in [-0.2, 0) is 37.0 Å². The zero-order chi connectivity index (χ0) is 21.0. The van der Waals surface area contributed by atoms with Gasteiger partial charge in [-0.3, -0.25) is 14.4 Å². The van der Waals surface area contributed by atoms with E-state index < -0.39 is 40.0 Å². The second-order valence-electron chi connectivity index (χ2n) is 6.52. The molecule has 1 aromatic heterocycles. The van der Waals surface area contributed by atoms with E-state index >= 15 is 0 Å². The normalized spacial score (nSPS) is 13.0. The number of carbonyl (C=O) groups is 3. The summed E-state index contributed by atoms with van der Waals surface area (Å²) >= 11 is 1.30. The molecule has 0 bridgehead atoms. The van der Waals surface area contributed by atoms with Crippen LogP contribution in [-0.4, -0.2) is 38.6 Å². The first-order valence-electron chi connectivity index (χ1n) is 8.95. The fourth-order valence-electron chi connectivity index (χ4n) is 3.10. The van der Waals surface area contributed by atoms with Gasteiger partial charge in [0, 0.05) is 4.88 Å². The van der Waals surface area contributed by atoms with Crippen LogP contribution < -0.4 is 11.1 Å². The second kappa shape index (κ2) is 8.75. The van der Waals surface area contributed by atoms with E-state index in [9.17, 15) is 22.8 Å². The molecule has 1 aliphatic carbocycles. The minimum absolute atomic E-state index is 0.121. The molecular formula is C19H20N2O6S2. The first kappa shape index (κ1) is 21.0. The summed E-state index contributed by atoms with van der Waals surface area (Å²) in [6.45, 7) is -0.578. The lowest BCUT2D eigenvalue weighted by Gasteiger charge is -2.08. The maximum Gasteiger partial charge on any atom is 0.307 e. The summed E-state index contributed by atoms with van der Waals surface area (Å²) in [6, 6.07) is 7.77. The van der Waals surface area contributed by atoms with Crippen LogP contribution in [0.25, 0.3) is 0 Å². The van der Waals surface area contributed by atoms with Crippen molar-refractivity contribution in [2.24, 2.45) is 5.73 Å². The van der Waals surface area contributed by atoms with E-state index in [1.54, 1.807) is 18.2 Å². The predicted octanol–water partition coefficient (Wildman–Crippen LogP) is 1.68. The number of amides is 2. The molecule has 0 radical (unpaired) electrons. The van der Waals surface area contributed by atoms with Crippen LogP contribution in [0.3, 0.4) is 0 Å². The van der Waals surface area contributed by atoms with E-state index in [4.69, 9.17) is 10.5 Å². The molecule has 0 unspecified atom stereocenters. The molecule has 154 valence electrons. The van der Waals surface area contributed by atoms with E-state index in [1.807, 2.05) is 0 Å². The summed E-state index contributed by atoms with van der Waals surface area (Å²) in [5, 5.41) is 2.91. The van der Waals surface area contributed by atoms with Crippen LogP contribution >= 0.6 is 11.3 Å². The van der Waals surface area contributed by atoms with E-state index in [2.05, 4.69) is 5.32 Å². The lowest BCUT2D eigenvalue weighted by Crippen LogP contribution is -2.23. The number of sulfone groups is 1. The van der Waals surface area contributed by atoms with Crippen molar-refractivity contribution in [2.45, 2.75) is 30.6 Å². The van der Waals surface area contributed by atoms with Gasteiger partial charge in [-0.05, 0) is 37.0 Å². The number of esters is 1. The number of anilines is 1. The molecule has 3 N–H and O–H groups in total. The van der Waals surface area contributed by atoms with E-state index in [-0.39, 0.29) is 11.3 Å². The third-order valence-corrected chi connectivity index (χ3v) is 7.40. The van der Waals surface area contributed by atoms with Gasteiger partial charge in [-0.15, -0.1) is 11.3 Å². The number of nitrogens with one attached hydrogen (secondary N) is 1. The van der Waals surface area contributed by atoms with Crippen molar-refractivity contribution in [1.29, 1.82) is 0 Å². The van der Waals surface area contributed by atoms with Gasteiger partial charge < -0.3 is 15.8 Å². The van der Waals surface area contributed by atoms with E-state index in [1.165, 1.54) is 23.5 Å². The van der Waals surface area contributed by atoms with Gasteiger partial charge in [0.05, 0.1) is 22.6 Å². The molecule has 0 fully saturated rings. The predicted molar refractivity (Wildman–Crippen MR) is 108 cm³/mol. The number of fused-ring (bicyclic) bond motifs is 1. The van der Waals surface area contributed by atoms with Crippen molar-refractivity contribution in [1.82, 2.24) is 0 Å². The largest absolute Gasteiger partial charge is 0.456 e. The van der Waals surface area contributed by atoms with E-state index in [0.29, 0.717) is 10.6 Å². The number of ether oxygens (including phenoxy) is 1. The van der Waals surface area contributed by atoms with Gasteiger partial charge in [0.1, 0.15) is 5.00 Å². The zero-order valence-corrected chi connectivity index (χ0v) is 17.1. The average Bonchev–Trinajstić information content (AvgIpc) is 3.26. The van der Waals surface area contributed by atoms with Crippen molar-refractivity contribution in [3.63, 3.8) is 0 Å². The summed E-state index contributed by atoms with van der Waals surface area (Å²) in [6.07, 6.45) is 2.15. The summed E-state index contributed by atoms with van der Waals surface area (Å²) in [7, 11) is -3.61. The van der Waals surface area contributed by atoms with Crippen LogP contribution in [0.4, 0.5) is 5.00 Å². The maximum absolute atomic E-state index is 12.2. The Morgan fingerprint density at radius 3 is 2.55 bits per heavy atom. The lowest BCUT2D eigenvalue weighted by atomic mass is 10.1. The summed E-state index contributed by atoms with van der Waals surface area (Å²) in [4.78, 5) is 36.8. The lowest BCUT2D eigenvalue weighted by molar-refractivity contribution is -0.146. The van der Waals surface area contributed by atoms with Crippen molar-refractivity contribution >= 4 is 44.0 Å². The maximum atomic E-state index is 12.2. The third kappa shape index (κ3) is 5.01. The smallest absolute Gasteiger partial charge is 0.307 e.